The molecule has 0 saturated carbocycles. The number of aryl methyl sites for hydroxylation is 1. The van der Waals surface area contributed by atoms with Gasteiger partial charge in [0, 0.05) is 29.8 Å². The number of aromatic nitrogens is 3. The molecule has 0 spiro atoms. The van der Waals surface area contributed by atoms with Crippen LogP contribution in [0.4, 0.5) is 5.82 Å². The first-order valence-electron chi connectivity index (χ1n) is 6.77. The van der Waals surface area contributed by atoms with Crippen molar-refractivity contribution in [2.75, 3.05) is 12.4 Å². The zero-order valence-electron chi connectivity index (χ0n) is 12.0. The average molecular weight is 280 g/mol. The van der Waals surface area contributed by atoms with Crippen molar-refractivity contribution in [1.82, 2.24) is 14.5 Å². The molecule has 1 aromatic carbocycles. The summed E-state index contributed by atoms with van der Waals surface area (Å²) in [6, 6.07) is 11.5. The maximum absolute atomic E-state index is 12.0. The second-order valence-corrected chi connectivity index (χ2v) is 4.94. The van der Waals surface area contributed by atoms with Crippen LogP contribution in [0, 0.1) is 6.92 Å². The van der Waals surface area contributed by atoms with Crippen molar-refractivity contribution in [3.63, 3.8) is 0 Å². The molecule has 106 valence electrons. The van der Waals surface area contributed by atoms with Gasteiger partial charge in [-0.25, -0.2) is 9.97 Å². The van der Waals surface area contributed by atoms with E-state index in [1.165, 1.54) is 6.07 Å². The first kappa shape index (κ1) is 13.3. The van der Waals surface area contributed by atoms with Crippen molar-refractivity contribution in [1.29, 1.82) is 0 Å². The molecule has 2 aromatic heterocycles. The Morgan fingerprint density at radius 2 is 2.05 bits per heavy atom. The minimum absolute atomic E-state index is 0.0577. The topological polar surface area (TPSA) is 59.8 Å². The van der Waals surface area contributed by atoms with Gasteiger partial charge in [0.1, 0.15) is 5.82 Å². The number of hydrogen-bond donors (Lipinski definition) is 1. The van der Waals surface area contributed by atoms with Crippen molar-refractivity contribution in [2.24, 2.45) is 0 Å². The smallest absolute Gasteiger partial charge is 0.253 e. The average Bonchev–Trinajstić information content (AvgIpc) is 2.49. The Hall–Kier alpha value is -2.69. The van der Waals surface area contributed by atoms with E-state index in [1.807, 2.05) is 38.2 Å². The molecule has 5 nitrogen and oxygen atoms in total. The summed E-state index contributed by atoms with van der Waals surface area (Å²) in [6.45, 7) is 2.25. The van der Waals surface area contributed by atoms with Crippen LogP contribution in [0.5, 0.6) is 0 Å². The molecule has 0 aliphatic rings. The normalized spacial score (nSPS) is 10.8. The quantitative estimate of drug-likeness (QED) is 0.799. The number of para-hydroxylation sites is 1. The number of fused-ring (bicyclic) bond motifs is 1. The molecule has 2 heterocycles. The van der Waals surface area contributed by atoms with Gasteiger partial charge in [-0.15, -0.1) is 0 Å². The lowest BCUT2D eigenvalue weighted by Crippen LogP contribution is -2.21. The Labute approximate surface area is 122 Å². The monoisotopic (exact) mass is 280 g/mol. The molecule has 0 radical (unpaired) electrons. The molecule has 0 fully saturated rings. The van der Waals surface area contributed by atoms with Crippen molar-refractivity contribution in [3.8, 4) is 0 Å². The van der Waals surface area contributed by atoms with Gasteiger partial charge in [-0.2, -0.15) is 0 Å². The molecule has 21 heavy (non-hydrogen) atoms. The van der Waals surface area contributed by atoms with Gasteiger partial charge in [0.05, 0.1) is 18.4 Å². The molecule has 3 rings (SSSR count). The van der Waals surface area contributed by atoms with Gasteiger partial charge < -0.3 is 5.32 Å². The van der Waals surface area contributed by atoms with E-state index in [-0.39, 0.29) is 5.56 Å². The molecule has 0 atom stereocenters. The summed E-state index contributed by atoms with van der Waals surface area (Å²) in [6.07, 6.45) is 1.58. The third-order valence-corrected chi connectivity index (χ3v) is 3.40. The van der Waals surface area contributed by atoms with Gasteiger partial charge in [0.2, 0.25) is 0 Å². The molecule has 0 amide bonds. The standard InChI is InChI=1S/C16H16N4O/c1-11-7-15(21)20(10-18-11)9-13-8-12-5-3-4-6-14(12)19-16(13)17-2/h3-8,10H,9H2,1-2H3,(H,17,19). The molecule has 3 aromatic rings. The Kier molecular flexibility index (Phi) is 3.39. The highest BCUT2D eigenvalue weighted by atomic mass is 16.1. The summed E-state index contributed by atoms with van der Waals surface area (Å²) >= 11 is 0. The van der Waals surface area contributed by atoms with Crippen molar-refractivity contribution >= 4 is 16.7 Å². The van der Waals surface area contributed by atoms with Gasteiger partial charge in [-0.05, 0) is 19.1 Å². The van der Waals surface area contributed by atoms with Crippen LogP contribution in [-0.4, -0.2) is 21.6 Å². The van der Waals surface area contributed by atoms with E-state index >= 15 is 0 Å². The Bertz CT molecular complexity index is 854. The molecule has 0 bridgehead atoms. The number of benzene rings is 1. The van der Waals surface area contributed by atoms with Gasteiger partial charge >= 0.3 is 0 Å². The van der Waals surface area contributed by atoms with E-state index < -0.39 is 0 Å². The van der Waals surface area contributed by atoms with E-state index in [1.54, 1.807) is 10.9 Å². The number of anilines is 1. The number of nitrogens with one attached hydrogen (secondary N) is 1. The van der Waals surface area contributed by atoms with Crippen LogP contribution in [0.1, 0.15) is 11.3 Å². The van der Waals surface area contributed by atoms with Crippen LogP contribution in [0.15, 0.2) is 47.5 Å². The van der Waals surface area contributed by atoms with Crippen molar-refractivity contribution < 1.29 is 0 Å². The fourth-order valence-electron chi connectivity index (χ4n) is 2.32. The van der Waals surface area contributed by atoms with Crippen LogP contribution in [0.3, 0.4) is 0 Å². The van der Waals surface area contributed by atoms with Crippen LogP contribution >= 0.6 is 0 Å². The van der Waals surface area contributed by atoms with Gasteiger partial charge in [-0.3, -0.25) is 9.36 Å². The van der Waals surface area contributed by atoms with Crippen LogP contribution in [0.25, 0.3) is 10.9 Å². The molecule has 1 N–H and O–H groups in total. The van der Waals surface area contributed by atoms with Crippen molar-refractivity contribution in [2.45, 2.75) is 13.5 Å². The SMILES string of the molecule is CNc1nc2ccccc2cc1Cn1cnc(C)cc1=O. The predicted molar refractivity (Wildman–Crippen MR) is 83.6 cm³/mol. The highest BCUT2D eigenvalue weighted by Crippen LogP contribution is 2.20. The molecule has 5 heteroatoms. The third-order valence-electron chi connectivity index (χ3n) is 3.40. The predicted octanol–water partition coefficient (Wildman–Crippen LogP) is 2.19. The fraction of sp³-hybridized carbons (Fsp3) is 0.188. The molecule has 0 unspecified atom stereocenters. The lowest BCUT2D eigenvalue weighted by Gasteiger charge is -2.11. The third kappa shape index (κ3) is 2.63. The largest absolute Gasteiger partial charge is 0.373 e. The molecular formula is C16H16N4O. The lowest BCUT2D eigenvalue weighted by molar-refractivity contribution is 0.730. The van der Waals surface area contributed by atoms with Crippen LogP contribution in [0.2, 0.25) is 0 Å². The van der Waals surface area contributed by atoms with Gasteiger partial charge in [0.25, 0.3) is 5.56 Å². The molecule has 0 saturated heterocycles. The van der Waals surface area contributed by atoms with E-state index in [2.05, 4.69) is 21.4 Å². The summed E-state index contributed by atoms with van der Waals surface area (Å²) in [7, 11) is 1.83. The van der Waals surface area contributed by atoms with E-state index in [4.69, 9.17) is 0 Å². The number of pyridine rings is 1. The summed E-state index contributed by atoms with van der Waals surface area (Å²) in [5, 5.41) is 4.15. The number of hydrogen-bond acceptors (Lipinski definition) is 4. The second-order valence-electron chi connectivity index (χ2n) is 4.94. The second kappa shape index (κ2) is 5.36. The summed E-state index contributed by atoms with van der Waals surface area (Å²) in [4.78, 5) is 20.8. The zero-order chi connectivity index (χ0) is 14.8. The highest BCUT2D eigenvalue weighted by Gasteiger charge is 2.07. The van der Waals surface area contributed by atoms with Crippen molar-refractivity contribution in [3.05, 3.63) is 64.3 Å². The first-order chi connectivity index (χ1) is 10.2. The van der Waals surface area contributed by atoms with Crippen LogP contribution in [-0.2, 0) is 6.54 Å². The van der Waals surface area contributed by atoms with E-state index in [0.717, 1.165) is 28.0 Å². The van der Waals surface area contributed by atoms with Crippen LogP contribution < -0.4 is 10.9 Å². The summed E-state index contributed by atoms with van der Waals surface area (Å²) in [5.74, 6) is 0.779. The summed E-state index contributed by atoms with van der Waals surface area (Å²) in [5.41, 5.74) is 2.56. The van der Waals surface area contributed by atoms with Gasteiger partial charge in [-0.1, -0.05) is 18.2 Å². The minimum Gasteiger partial charge on any atom is -0.373 e. The minimum atomic E-state index is -0.0577. The fourth-order valence-corrected chi connectivity index (χ4v) is 2.32. The molecular weight excluding hydrogens is 264 g/mol. The zero-order valence-corrected chi connectivity index (χ0v) is 12.0. The Morgan fingerprint density at radius 1 is 1.24 bits per heavy atom. The molecule has 0 aliphatic carbocycles. The first-order valence-corrected chi connectivity index (χ1v) is 6.77. The number of nitrogens with zero attached hydrogens (tertiary/aromatic N) is 3. The molecule has 0 aliphatic heterocycles. The van der Waals surface area contributed by atoms with Gasteiger partial charge in [0.15, 0.2) is 0 Å². The number of rotatable bonds is 3. The maximum Gasteiger partial charge on any atom is 0.253 e. The summed E-state index contributed by atoms with van der Waals surface area (Å²) < 4.78 is 1.58. The Balaban J connectivity index is 2.08. The lowest BCUT2D eigenvalue weighted by atomic mass is 10.1. The highest BCUT2D eigenvalue weighted by molar-refractivity contribution is 5.81. The maximum atomic E-state index is 12.0. The van der Waals surface area contributed by atoms with E-state index in [9.17, 15) is 4.79 Å². The van der Waals surface area contributed by atoms with E-state index in [0.29, 0.717) is 6.54 Å². The Morgan fingerprint density at radius 3 is 2.81 bits per heavy atom.